The molecule has 170 valence electrons. The van der Waals surface area contributed by atoms with Crippen molar-refractivity contribution in [2.75, 3.05) is 62.3 Å². The summed E-state index contributed by atoms with van der Waals surface area (Å²) in [6, 6.07) is 12.8. The number of hydrogen-bond acceptors (Lipinski definition) is 5. The van der Waals surface area contributed by atoms with Gasteiger partial charge in [-0.25, -0.2) is 0 Å². The number of amides is 1. The van der Waals surface area contributed by atoms with E-state index in [-0.39, 0.29) is 11.9 Å². The van der Waals surface area contributed by atoms with Crippen molar-refractivity contribution < 1.29 is 9.53 Å². The van der Waals surface area contributed by atoms with Gasteiger partial charge in [-0.1, -0.05) is 6.07 Å². The van der Waals surface area contributed by atoms with Crippen molar-refractivity contribution >= 4 is 17.3 Å². The monoisotopic (exact) mass is 434 g/mol. The number of fused-ring (bicyclic) bond motifs is 1. The van der Waals surface area contributed by atoms with Gasteiger partial charge in [-0.2, -0.15) is 0 Å². The Hall–Kier alpha value is -2.57. The molecule has 2 saturated heterocycles. The van der Waals surface area contributed by atoms with E-state index in [1.54, 1.807) is 0 Å². The number of ether oxygens (including phenoxy) is 1. The SMILES string of the molecule is Cc1ccc(N2CCNCC2)c2c1CC[C@@H](NC(=O)c1ccc(N3CCOCC3)cc1)C2. The Bertz CT molecular complexity index is 947. The first-order chi connectivity index (χ1) is 15.7. The Balaban J connectivity index is 1.27. The molecule has 6 heteroatoms. The molecule has 2 heterocycles. The number of hydrogen-bond donors (Lipinski definition) is 2. The number of carbonyl (C=O) groups excluding carboxylic acids is 1. The summed E-state index contributed by atoms with van der Waals surface area (Å²) in [6.07, 6.45) is 2.94. The molecule has 1 atom stereocenters. The first-order valence-electron chi connectivity index (χ1n) is 12.0. The minimum atomic E-state index is 0.0309. The van der Waals surface area contributed by atoms with Crippen LogP contribution >= 0.6 is 0 Å². The molecule has 0 bridgehead atoms. The first kappa shape index (κ1) is 21.3. The Morgan fingerprint density at radius 2 is 1.72 bits per heavy atom. The second kappa shape index (κ2) is 9.51. The molecule has 2 fully saturated rings. The van der Waals surface area contributed by atoms with Crippen LogP contribution in [0.1, 0.15) is 33.5 Å². The van der Waals surface area contributed by atoms with Crippen molar-refractivity contribution in [1.29, 1.82) is 0 Å². The summed E-state index contributed by atoms with van der Waals surface area (Å²) in [7, 11) is 0. The average molecular weight is 435 g/mol. The van der Waals surface area contributed by atoms with Gasteiger partial charge >= 0.3 is 0 Å². The fourth-order valence-corrected chi connectivity index (χ4v) is 5.28. The molecule has 6 nitrogen and oxygen atoms in total. The van der Waals surface area contributed by atoms with Gasteiger partial charge in [0.15, 0.2) is 0 Å². The standard InChI is InChI=1S/C26H34N4O2/c1-19-2-9-25(30-12-10-27-11-13-30)24-18-21(5-8-23(19)24)28-26(31)20-3-6-22(7-4-20)29-14-16-32-17-15-29/h2-4,6-7,9,21,27H,5,8,10-18H2,1H3,(H,28,31)/t21-/m1/s1. The Labute approximate surface area is 190 Å². The quantitative estimate of drug-likeness (QED) is 0.775. The maximum absolute atomic E-state index is 13.0. The van der Waals surface area contributed by atoms with Crippen LogP contribution in [-0.4, -0.2) is 64.4 Å². The number of morpholine rings is 1. The molecule has 32 heavy (non-hydrogen) atoms. The molecule has 2 aromatic rings. The van der Waals surface area contributed by atoms with Crippen molar-refractivity contribution in [2.45, 2.75) is 32.2 Å². The summed E-state index contributed by atoms with van der Waals surface area (Å²) in [5.41, 5.74) is 7.56. The Morgan fingerprint density at radius 3 is 2.47 bits per heavy atom. The molecule has 0 unspecified atom stereocenters. The fraction of sp³-hybridized carbons (Fsp3) is 0.500. The summed E-state index contributed by atoms with van der Waals surface area (Å²) >= 11 is 0. The predicted molar refractivity (Wildman–Crippen MR) is 129 cm³/mol. The number of nitrogens with zero attached hydrogens (tertiary/aromatic N) is 2. The number of aryl methyl sites for hydroxylation is 1. The molecule has 2 aromatic carbocycles. The molecule has 0 aromatic heterocycles. The van der Waals surface area contributed by atoms with E-state index in [9.17, 15) is 4.79 Å². The second-order valence-corrected chi connectivity index (χ2v) is 9.16. The highest BCUT2D eigenvalue weighted by Gasteiger charge is 2.26. The molecule has 5 rings (SSSR count). The zero-order valence-corrected chi connectivity index (χ0v) is 19.0. The van der Waals surface area contributed by atoms with E-state index in [1.807, 2.05) is 12.1 Å². The lowest BCUT2D eigenvalue weighted by Crippen LogP contribution is -2.45. The van der Waals surface area contributed by atoms with E-state index in [4.69, 9.17) is 4.74 Å². The highest BCUT2D eigenvalue weighted by atomic mass is 16.5. The van der Waals surface area contributed by atoms with Gasteiger partial charge in [0.05, 0.1) is 13.2 Å². The summed E-state index contributed by atoms with van der Waals surface area (Å²) in [6.45, 7) is 9.71. The van der Waals surface area contributed by atoms with Gasteiger partial charge in [-0.15, -0.1) is 0 Å². The van der Waals surface area contributed by atoms with Gasteiger partial charge in [-0.05, 0) is 73.2 Å². The highest BCUT2D eigenvalue weighted by molar-refractivity contribution is 5.94. The van der Waals surface area contributed by atoms with Crippen molar-refractivity contribution in [3.63, 3.8) is 0 Å². The van der Waals surface area contributed by atoms with E-state index < -0.39 is 0 Å². The van der Waals surface area contributed by atoms with Gasteiger partial charge < -0.3 is 25.2 Å². The second-order valence-electron chi connectivity index (χ2n) is 9.16. The topological polar surface area (TPSA) is 56.8 Å². The molecule has 1 aliphatic carbocycles. The fourth-order valence-electron chi connectivity index (χ4n) is 5.28. The van der Waals surface area contributed by atoms with Crippen LogP contribution in [0.15, 0.2) is 36.4 Å². The maximum atomic E-state index is 13.0. The van der Waals surface area contributed by atoms with Crippen LogP contribution in [-0.2, 0) is 17.6 Å². The molecule has 0 spiro atoms. The minimum Gasteiger partial charge on any atom is -0.378 e. The lowest BCUT2D eigenvalue weighted by atomic mass is 9.84. The van der Waals surface area contributed by atoms with Crippen LogP contribution in [0.2, 0.25) is 0 Å². The highest BCUT2D eigenvalue weighted by Crippen LogP contribution is 2.33. The number of rotatable bonds is 4. The molecular formula is C26H34N4O2. The van der Waals surface area contributed by atoms with E-state index in [1.165, 1.54) is 22.4 Å². The minimum absolute atomic E-state index is 0.0309. The van der Waals surface area contributed by atoms with Gasteiger partial charge in [0, 0.05) is 62.2 Å². The smallest absolute Gasteiger partial charge is 0.251 e. The third-order valence-corrected chi connectivity index (χ3v) is 7.13. The molecular weight excluding hydrogens is 400 g/mol. The van der Waals surface area contributed by atoms with Crippen LogP contribution in [0.3, 0.4) is 0 Å². The van der Waals surface area contributed by atoms with Crippen LogP contribution in [0.25, 0.3) is 0 Å². The van der Waals surface area contributed by atoms with E-state index >= 15 is 0 Å². The van der Waals surface area contributed by atoms with E-state index in [0.29, 0.717) is 0 Å². The van der Waals surface area contributed by atoms with Crippen LogP contribution in [0, 0.1) is 6.92 Å². The van der Waals surface area contributed by atoms with Gasteiger partial charge in [0.1, 0.15) is 0 Å². The Kier molecular flexibility index (Phi) is 6.32. The van der Waals surface area contributed by atoms with E-state index in [0.717, 1.165) is 83.0 Å². The van der Waals surface area contributed by atoms with E-state index in [2.05, 4.69) is 51.6 Å². The van der Waals surface area contributed by atoms with Crippen molar-refractivity contribution in [2.24, 2.45) is 0 Å². The first-order valence-corrected chi connectivity index (χ1v) is 12.0. The lowest BCUT2D eigenvalue weighted by molar-refractivity contribution is 0.0933. The summed E-state index contributed by atoms with van der Waals surface area (Å²) in [5.74, 6) is 0.0309. The number of carbonyl (C=O) groups is 1. The van der Waals surface area contributed by atoms with Crippen molar-refractivity contribution in [3.8, 4) is 0 Å². The third-order valence-electron chi connectivity index (χ3n) is 7.13. The van der Waals surface area contributed by atoms with Gasteiger partial charge in [0.25, 0.3) is 5.91 Å². The molecule has 1 amide bonds. The molecule has 0 saturated carbocycles. The number of nitrogens with one attached hydrogen (secondary N) is 2. The zero-order valence-electron chi connectivity index (χ0n) is 19.0. The molecule has 0 radical (unpaired) electrons. The van der Waals surface area contributed by atoms with Crippen molar-refractivity contribution in [1.82, 2.24) is 10.6 Å². The maximum Gasteiger partial charge on any atom is 0.251 e. The Morgan fingerprint density at radius 1 is 0.969 bits per heavy atom. The van der Waals surface area contributed by atoms with Gasteiger partial charge in [-0.3, -0.25) is 4.79 Å². The number of anilines is 2. The predicted octanol–water partition coefficient (Wildman–Crippen LogP) is 2.53. The lowest BCUT2D eigenvalue weighted by Gasteiger charge is -2.35. The largest absolute Gasteiger partial charge is 0.378 e. The average Bonchev–Trinajstić information content (AvgIpc) is 2.85. The summed E-state index contributed by atoms with van der Waals surface area (Å²) in [5, 5.41) is 6.77. The van der Waals surface area contributed by atoms with Crippen LogP contribution in [0.4, 0.5) is 11.4 Å². The van der Waals surface area contributed by atoms with Crippen molar-refractivity contribution in [3.05, 3.63) is 58.7 Å². The molecule has 3 aliphatic rings. The van der Waals surface area contributed by atoms with Crippen LogP contribution < -0.4 is 20.4 Å². The molecule has 2 aliphatic heterocycles. The van der Waals surface area contributed by atoms with Crippen LogP contribution in [0.5, 0.6) is 0 Å². The molecule has 2 N–H and O–H groups in total. The summed E-state index contributed by atoms with van der Waals surface area (Å²) < 4.78 is 5.44. The van der Waals surface area contributed by atoms with Gasteiger partial charge in [0.2, 0.25) is 0 Å². The number of benzene rings is 2. The number of piperazine rings is 1. The third kappa shape index (κ3) is 4.48. The normalized spacial score (nSPS) is 21.2. The zero-order chi connectivity index (χ0) is 21.9. The summed E-state index contributed by atoms with van der Waals surface area (Å²) in [4.78, 5) is 17.8.